The fourth-order valence-electron chi connectivity index (χ4n) is 1.90. The predicted octanol–water partition coefficient (Wildman–Crippen LogP) is 4.66. The average molecular weight is 226 g/mol. The number of hydrogen-bond acceptors (Lipinski definition) is 1. The Balaban J connectivity index is 2.62. The molecule has 0 saturated carbocycles. The van der Waals surface area contributed by atoms with Gasteiger partial charge in [-0.05, 0) is 37.8 Å². The number of fused-ring (bicyclic) bond motifs is 1. The van der Waals surface area contributed by atoms with Crippen LogP contribution < -0.4 is 4.74 Å². The first-order chi connectivity index (χ1) is 8.01. The molecule has 17 heavy (non-hydrogen) atoms. The largest absolute Gasteiger partial charge is 0.488 e. The van der Waals surface area contributed by atoms with Crippen molar-refractivity contribution >= 4 is 16.8 Å². The zero-order valence-electron chi connectivity index (χ0n) is 10.7. The number of ether oxygens (including phenoxy) is 1. The van der Waals surface area contributed by atoms with Crippen LogP contribution in [0.25, 0.3) is 16.8 Å². The second-order valence-corrected chi connectivity index (χ2v) is 5.12. The van der Waals surface area contributed by atoms with E-state index in [4.69, 9.17) is 4.74 Å². The normalized spacial score (nSPS) is 11.5. The summed E-state index contributed by atoms with van der Waals surface area (Å²) in [5, 5.41) is 2.32. The van der Waals surface area contributed by atoms with Crippen molar-refractivity contribution in [2.75, 3.05) is 0 Å². The van der Waals surface area contributed by atoms with Gasteiger partial charge in [-0.1, -0.05) is 43.0 Å². The fraction of sp³-hybridized carbons (Fsp3) is 0.250. The summed E-state index contributed by atoms with van der Waals surface area (Å²) < 4.78 is 5.98. The summed E-state index contributed by atoms with van der Waals surface area (Å²) in [7, 11) is 0. The van der Waals surface area contributed by atoms with Crippen LogP contribution in [0.3, 0.4) is 0 Å². The van der Waals surface area contributed by atoms with Gasteiger partial charge >= 0.3 is 0 Å². The zero-order chi connectivity index (χ0) is 12.5. The molecule has 0 N–H and O–H groups in total. The third-order valence-electron chi connectivity index (χ3n) is 2.55. The van der Waals surface area contributed by atoms with E-state index in [1.54, 1.807) is 0 Å². The Morgan fingerprint density at radius 2 is 1.65 bits per heavy atom. The zero-order valence-corrected chi connectivity index (χ0v) is 10.7. The van der Waals surface area contributed by atoms with Crippen molar-refractivity contribution in [3.05, 3.63) is 48.5 Å². The molecule has 0 aliphatic rings. The Kier molecular flexibility index (Phi) is 2.93. The van der Waals surface area contributed by atoms with Gasteiger partial charge in [0.2, 0.25) is 0 Å². The molecule has 0 unspecified atom stereocenters. The SMILES string of the molecule is C=Cc1cccc2c(OC(C)(C)C)cccc12. The minimum Gasteiger partial charge on any atom is -0.488 e. The summed E-state index contributed by atoms with van der Waals surface area (Å²) in [6, 6.07) is 12.3. The summed E-state index contributed by atoms with van der Waals surface area (Å²) in [6.07, 6.45) is 1.88. The monoisotopic (exact) mass is 226 g/mol. The summed E-state index contributed by atoms with van der Waals surface area (Å²) in [4.78, 5) is 0. The van der Waals surface area contributed by atoms with Gasteiger partial charge in [0.15, 0.2) is 0 Å². The van der Waals surface area contributed by atoms with Gasteiger partial charge in [0.1, 0.15) is 11.4 Å². The molecular weight excluding hydrogens is 208 g/mol. The van der Waals surface area contributed by atoms with Crippen LogP contribution in [0, 0.1) is 0 Å². The van der Waals surface area contributed by atoms with E-state index in [0.717, 1.165) is 16.7 Å². The second-order valence-electron chi connectivity index (χ2n) is 5.12. The van der Waals surface area contributed by atoms with Gasteiger partial charge in [-0.15, -0.1) is 0 Å². The molecule has 0 heterocycles. The first kappa shape index (κ1) is 11.7. The molecule has 0 amide bonds. The minimum absolute atomic E-state index is 0.182. The van der Waals surface area contributed by atoms with Gasteiger partial charge < -0.3 is 4.74 Å². The van der Waals surface area contributed by atoms with Crippen LogP contribution >= 0.6 is 0 Å². The summed E-state index contributed by atoms with van der Waals surface area (Å²) in [5.41, 5.74) is 0.959. The summed E-state index contributed by atoms with van der Waals surface area (Å²) >= 11 is 0. The lowest BCUT2D eigenvalue weighted by molar-refractivity contribution is 0.133. The third-order valence-corrected chi connectivity index (χ3v) is 2.55. The van der Waals surface area contributed by atoms with E-state index >= 15 is 0 Å². The molecule has 0 spiro atoms. The van der Waals surface area contributed by atoms with E-state index in [1.807, 2.05) is 24.3 Å². The van der Waals surface area contributed by atoms with E-state index in [1.165, 1.54) is 5.39 Å². The lowest BCUT2D eigenvalue weighted by Gasteiger charge is -2.22. The maximum atomic E-state index is 5.98. The van der Waals surface area contributed by atoms with Gasteiger partial charge in [-0.3, -0.25) is 0 Å². The van der Waals surface area contributed by atoms with Crippen molar-refractivity contribution in [1.29, 1.82) is 0 Å². The Hall–Kier alpha value is -1.76. The van der Waals surface area contributed by atoms with Gasteiger partial charge in [0, 0.05) is 5.39 Å². The number of benzene rings is 2. The van der Waals surface area contributed by atoms with Crippen LogP contribution in [0.2, 0.25) is 0 Å². The highest BCUT2D eigenvalue weighted by Gasteiger charge is 2.13. The van der Waals surface area contributed by atoms with Crippen LogP contribution in [-0.2, 0) is 0 Å². The molecule has 0 saturated heterocycles. The Morgan fingerprint density at radius 3 is 2.29 bits per heavy atom. The molecule has 0 aliphatic carbocycles. The van der Waals surface area contributed by atoms with E-state index < -0.39 is 0 Å². The molecule has 0 atom stereocenters. The molecule has 2 aromatic carbocycles. The van der Waals surface area contributed by atoms with Crippen molar-refractivity contribution in [2.45, 2.75) is 26.4 Å². The van der Waals surface area contributed by atoms with Gasteiger partial charge in [-0.2, -0.15) is 0 Å². The molecule has 2 rings (SSSR count). The Bertz CT molecular complexity index is 547. The number of hydrogen-bond donors (Lipinski definition) is 0. The molecule has 0 radical (unpaired) electrons. The smallest absolute Gasteiger partial charge is 0.127 e. The predicted molar refractivity (Wildman–Crippen MR) is 74.4 cm³/mol. The van der Waals surface area contributed by atoms with Crippen LogP contribution in [0.1, 0.15) is 26.3 Å². The van der Waals surface area contributed by atoms with Crippen LogP contribution in [0.5, 0.6) is 5.75 Å². The van der Waals surface area contributed by atoms with E-state index in [-0.39, 0.29) is 5.60 Å². The molecule has 0 aromatic heterocycles. The van der Waals surface area contributed by atoms with Crippen molar-refractivity contribution in [3.8, 4) is 5.75 Å². The Morgan fingerprint density at radius 1 is 1.00 bits per heavy atom. The molecule has 1 nitrogen and oxygen atoms in total. The molecule has 2 aromatic rings. The van der Waals surface area contributed by atoms with E-state index in [9.17, 15) is 0 Å². The first-order valence-corrected chi connectivity index (χ1v) is 5.84. The van der Waals surface area contributed by atoms with Crippen molar-refractivity contribution < 1.29 is 4.74 Å². The van der Waals surface area contributed by atoms with Crippen molar-refractivity contribution in [1.82, 2.24) is 0 Å². The average Bonchev–Trinajstić information content (AvgIpc) is 2.27. The lowest BCUT2D eigenvalue weighted by Crippen LogP contribution is -2.23. The molecular formula is C16H18O. The van der Waals surface area contributed by atoms with Crippen molar-refractivity contribution in [3.63, 3.8) is 0 Å². The standard InChI is InChI=1S/C16H18O/c1-5-12-8-6-10-14-13(12)9-7-11-15(14)17-16(2,3)4/h5-11H,1H2,2-4H3. The second kappa shape index (κ2) is 4.25. The van der Waals surface area contributed by atoms with E-state index in [2.05, 4.69) is 45.5 Å². The maximum Gasteiger partial charge on any atom is 0.127 e. The topological polar surface area (TPSA) is 9.23 Å². The molecule has 88 valence electrons. The third kappa shape index (κ3) is 2.50. The van der Waals surface area contributed by atoms with Gasteiger partial charge in [0.05, 0.1) is 0 Å². The van der Waals surface area contributed by atoms with E-state index in [0.29, 0.717) is 0 Å². The number of rotatable bonds is 2. The van der Waals surface area contributed by atoms with Crippen LogP contribution in [0.4, 0.5) is 0 Å². The Labute approximate surface area is 103 Å². The van der Waals surface area contributed by atoms with Gasteiger partial charge in [-0.25, -0.2) is 0 Å². The molecule has 0 bridgehead atoms. The first-order valence-electron chi connectivity index (χ1n) is 5.84. The van der Waals surface area contributed by atoms with Crippen LogP contribution in [-0.4, -0.2) is 5.60 Å². The minimum atomic E-state index is -0.182. The summed E-state index contributed by atoms with van der Waals surface area (Å²) in [6.45, 7) is 10.0. The summed E-state index contributed by atoms with van der Waals surface area (Å²) in [5.74, 6) is 0.929. The quantitative estimate of drug-likeness (QED) is 0.723. The fourth-order valence-corrected chi connectivity index (χ4v) is 1.90. The lowest BCUT2D eigenvalue weighted by atomic mass is 10.0. The molecule has 0 fully saturated rings. The van der Waals surface area contributed by atoms with Crippen LogP contribution in [0.15, 0.2) is 43.0 Å². The highest BCUT2D eigenvalue weighted by molar-refractivity contribution is 5.94. The van der Waals surface area contributed by atoms with Gasteiger partial charge in [0.25, 0.3) is 0 Å². The highest BCUT2D eigenvalue weighted by Crippen LogP contribution is 2.30. The molecule has 1 heteroatoms. The highest BCUT2D eigenvalue weighted by atomic mass is 16.5. The maximum absolute atomic E-state index is 5.98. The molecule has 0 aliphatic heterocycles. The van der Waals surface area contributed by atoms with Crippen molar-refractivity contribution in [2.24, 2.45) is 0 Å².